The van der Waals surface area contributed by atoms with Gasteiger partial charge in [0.25, 0.3) is 0 Å². The lowest BCUT2D eigenvalue weighted by molar-refractivity contribution is -0.121. The lowest BCUT2D eigenvalue weighted by Crippen LogP contribution is -2.45. The molecule has 4 nitrogen and oxygen atoms in total. The maximum absolute atomic E-state index is 12.1. The van der Waals surface area contributed by atoms with Crippen molar-refractivity contribution in [3.8, 4) is 0 Å². The first-order chi connectivity index (χ1) is 10.1. The molecule has 0 saturated carbocycles. The van der Waals surface area contributed by atoms with E-state index in [1.165, 1.54) is 0 Å². The van der Waals surface area contributed by atoms with Crippen LogP contribution in [0.4, 0.5) is 0 Å². The predicted molar refractivity (Wildman–Crippen MR) is 88.7 cm³/mol. The SMILES string of the molecule is O=C(CCCS(=O)c1ccc(Br)cc1)NC1CCCNC1. The second kappa shape index (κ2) is 8.66. The van der Waals surface area contributed by atoms with Gasteiger partial charge in [0.05, 0.1) is 10.8 Å². The molecule has 0 radical (unpaired) electrons. The maximum atomic E-state index is 12.1. The number of carbonyl (C=O) groups excluding carboxylic acids is 1. The van der Waals surface area contributed by atoms with E-state index in [9.17, 15) is 9.00 Å². The van der Waals surface area contributed by atoms with Crippen molar-refractivity contribution in [2.45, 2.75) is 36.6 Å². The quantitative estimate of drug-likeness (QED) is 0.804. The van der Waals surface area contributed by atoms with E-state index < -0.39 is 10.8 Å². The van der Waals surface area contributed by atoms with E-state index in [2.05, 4.69) is 26.6 Å². The van der Waals surface area contributed by atoms with Gasteiger partial charge in [-0.05, 0) is 50.1 Å². The molecule has 0 aromatic heterocycles. The lowest BCUT2D eigenvalue weighted by atomic mass is 10.1. The van der Waals surface area contributed by atoms with Crippen LogP contribution in [0.2, 0.25) is 0 Å². The van der Waals surface area contributed by atoms with E-state index in [4.69, 9.17) is 0 Å². The summed E-state index contributed by atoms with van der Waals surface area (Å²) in [5.74, 6) is 0.592. The summed E-state index contributed by atoms with van der Waals surface area (Å²) in [5.41, 5.74) is 0. The minimum Gasteiger partial charge on any atom is -0.352 e. The summed E-state index contributed by atoms with van der Waals surface area (Å²) in [7, 11) is -1.03. The fourth-order valence-electron chi connectivity index (χ4n) is 2.34. The average Bonchev–Trinajstić information content (AvgIpc) is 2.49. The van der Waals surface area contributed by atoms with Gasteiger partial charge in [0, 0.05) is 34.1 Å². The smallest absolute Gasteiger partial charge is 0.220 e. The first-order valence-corrected chi connectivity index (χ1v) is 9.40. The number of halogens is 1. The van der Waals surface area contributed by atoms with Crippen molar-refractivity contribution in [2.24, 2.45) is 0 Å². The summed E-state index contributed by atoms with van der Waals surface area (Å²) in [6.45, 7) is 1.90. The van der Waals surface area contributed by atoms with Crippen molar-refractivity contribution in [1.29, 1.82) is 0 Å². The second-order valence-electron chi connectivity index (χ2n) is 5.22. The van der Waals surface area contributed by atoms with E-state index in [0.717, 1.165) is 35.3 Å². The molecule has 1 saturated heterocycles. The monoisotopic (exact) mass is 372 g/mol. The molecule has 0 bridgehead atoms. The number of piperidine rings is 1. The Balaban J connectivity index is 1.67. The maximum Gasteiger partial charge on any atom is 0.220 e. The summed E-state index contributed by atoms with van der Waals surface area (Å²) >= 11 is 3.36. The molecule has 1 aromatic carbocycles. The van der Waals surface area contributed by atoms with Crippen molar-refractivity contribution in [1.82, 2.24) is 10.6 Å². The zero-order chi connectivity index (χ0) is 15.1. The first-order valence-electron chi connectivity index (χ1n) is 7.29. The first kappa shape index (κ1) is 16.6. The molecule has 1 amide bonds. The molecule has 2 rings (SSSR count). The highest BCUT2D eigenvalue weighted by Gasteiger charge is 2.15. The molecular weight excluding hydrogens is 352 g/mol. The molecule has 21 heavy (non-hydrogen) atoms. The highest BCUT2D eigenvalue weighted by atomic mass is 79.9. The Hall–Kier alpha value is -0.720. The van der Waals surface area contributed by atoms with Gasteiger partial charge in [-0.15, -0.1) is 0 Å². The summed E-state index contributed by atoms with van der Waals surface area (Å²) < 4.78 is 13.1. The van der Waals surface area contributed by atoms with Crippen molar-refractivity contribution in [3.05, 3.63) is 28.7 Å². The van der Waals surface area contributed by atoms with Gasteiger partial charge >= 0.3 is 0 Å². The third-order valence-corrected chi connectivity index (χ3v) is 5.46. The van der Waals surface area contributed by atoms with E-state index >= 15 is 0 Å². The third-order valence-electron chi connectivity index (χ3n) is 3.47. The Kier molecular flexibility index (Phi) is 6.86. The van der Waals surface area contributed by atoms with Crippen molar-refractivity contribution in [2.75, 3.05) is 18.8 Å². The molecule has 1 fully saturated rings. The number of nitrogens with one attached hydrogen (secondary N) is 2. The number of benzene rings is 1. The topological polar surface area (TPSA) is 58.2 Å². The second-order valence-corrected chi connectivity index (χ2v) is 7.70. The van der Waals surface area contributed by atoms with Crippen LogP contribution in [-0.2, 0) is 15.6 Å². The van der Waals surface area contributed by atoms with Crippen molar-refractivity contribution >= 4 is 32.6 Å². The standard InChI is InChI=1S/C15H21BrN2O2S/c16-12-5-7-14(8-6-12)21(20)10-2-4-15(19)18-13-3-1-9-17-11-13/h5-8,13,17H,1-4,9-11H2,(H,18,19). The Morgan fingerprint density at radius 3 is 2.81 bits per heavy atom. The number of amides is 1. The van der Waals surface area contributed by atoms with Gasteiger partial charge < -0.3 is 10.6 Å². The molecule has 1 heterocycles. The Morgan fingerprint density at radius 2 is 2.14 bits per heavy atom. The van der Waals surface area contributed by atoms with Crippen molar-refractivity contribution in [3.63, 3.8) is 0 Å². The van der Waals surface area contributed by atoms with Gasteiger partial charge in [-0.25, -0.2) is 0 Å². The van der Waals surface area contributed by atoms with E-state index in [0.29, 0.717) is 18.6 Å². The number of hydrogen-bond acceptors (Lipinski definition) is 3. The molecule has 1 aliphatic rings. The van der Waals surface area contributed by atoms with Crippen LogP contribution >= 0.6 is 15.9 Å². The van der Waals surface area contributed by atoms with E-state index in [-0.39, 0.29) is 11.9 Å². The minimum absolute atomic E-state index is 0.0662. The van der Waals surface area contributed by atoms with Gasteiger partial charge in [-0.1, -0.05) is 15.9 Å². The summed E-state index contributed by atoms with van der Waals surface area (Å²) in [6, 6.07) is 7.73. The fourth-order valence-corrected chi connectivity index (χ4v) is 3.69. The highest BCUT2D eigenvalue weighted by Crippen LogP contribution is 2.14. The van der Waals surface area contributed by atoms with E-state index in [1.807, 2.05) is 24.3 Å². The normalized spacial score (nSPS) is 20.0. The molecule has 0 spiro atoms. The molecule has 2 N–H and O–H groups in total. The van der Waals surface area contributed by atoms with Crippen LogP contribution in [-0.4, -0.2) is 35.0 Å². The van der Waals surface area contributed by atoms with E-state index in [1.54, 1.807) is 0 Å². The predicted octanol–water partition coefficient (Wildman–Crippen LogP) is 2.21. The lowest BCUT2D eigenvalue weighted by Gasteiger charge is -2.23. The zero-order valence-electron chi connectivity index (χ0n) is 11.9. The molecular formula is C15H21BrN2O2S. The van der Waals surface area contributed by atoms with Crippen LogP contribution in [0, 0.1) is 0 Å². The summed E-state index contributed by atoms with van der Waals surface area (Å²) in [6.07, 6.45) is 3.25. The molecule has 0 aliphatic carbocycles. The van der Waals surface area contributed by atoms with Crippen LogP contribution < -0.4 is 10.6 Å². The third kappa shape index (κ3) is 5.88. The average molecular weight is 373 g/mol. The van der Waals surface area contributed by atoms with Crippen LogP contribution in [0.15, 0.2) is 33.6 Å². The number of hydrogen-bond donors (Lipinski definition) is 2. The molecule has 1 aromatic rings. The zero-order valence-corrected chi connectivity index (χ0v) is 14.3. The van der Waals surface area contributed by atoms with Crippen LogP contribution in [0.25, 0.3) is 0 Å². The highest BCUT2D eigenvalue weighted by molar-refractivity contribution is 9.10. The van der Waals surface area contributed by atoms with Crippen LogP contribution in [0.5, 0.6) is 0 Å². The molecule has 116 valence electrons. The van der Waals surface area contributed by atoms with Crippen molar-refractivity contribution < 1.29 is 9.00 Å². The number of rotatable bonds is 6. The molecule has 2 atom stereocenters. The van der Waals surface area contributed by atoms with Gasteiger partial charge in [0.1, 0.15) is 0 Å². The minimum atomic E-state index is -1.03. The Labute approximate surface area is 136 Å². The van der Waals surface area contributed by atoms with Gasteiger partial charge in [0.2, 0.25) is 5.91 Å². The largest absolute Gasteiger partial charge is 0.352 e. The number of carbonyl (C=O) groups is 1. The van der Waals surface area contributed by atoms with Crippen LogP contribution in [0.3, 0.4) is 0 Å². The Morgan fingerprint density at radius 1 is 1.38 bits per heavy atom. The molecule has 1 aliphatic heterocycles. The molecule has 6 heteroatoms. The molecule has 2 unspecified atom stereocenters. The fraction of sp³-hybridized carbons (Fsp3) is 0.533. The van der Waals surface area contributed by atoms with Gasteiger partial charge in [-0.2, -0.15) is 0 Å². The van der Waals surface area contributed by atoms with Gasteiger partial charge in [-0.3, -0.25) is 9.00 Å². The summed E-state index contributed by atoms with van der Waals surface area (Å²) in [4.78, 5) is 12.6. The van der Waals surface area contributed by atoms with Gasteiger partial charge in [0.15, 0.2) is 0 Å². The Bertz CT molecular complexity index is 487. The summed E-state index contributed by atoms with van der Waals surface area (Å²) in [5, 5.41) is 6.31. The van der Waals surface area contributed by atoms with Crippen LogP contribution in [0.1, 0.15) is 25.7 Å².